The molecule has 25 heavy (non-hydrogen) atoms. The summed E-state index contributed by atoms with van der Waals surface area (Å²) in [6, 6.07) is 12.7. The zero-order valence-corrected chi connectivity index (χ0v) is 12.9. The Kier molecular flexibility index (Phi) is 4.45. The summed E-state index contributed by atoms with van der Waals surface area (Å²) in [7, 11) is 0. The van der Waals surface area contributed by atoms with Crippen molar-refractivity contribution in [1.29, 1.82) is 5.26 Å². The van der Waals surface area contributed by atoms with Gasteiger partial charge in [0.1, 0.15) is 11.7 Å². The maximum absolute atomic E-state index is 12.6. The number of aromatic nitrogens is 1. The molecule has 4 nitrogen and oxygen atoms in total. The Morgan fingerprint density at radius 1 is 1.24 bits per heavy atom. The van der Waals surface area contributed by atoms with Gasteiger partial charge in [0.25, 0.3) is 0 Å². The molecule has 0 aliphatic heterocycles. The summed E-state index contributed by atoms with van der Waals surface area (Å²) in [6.07, 6.45) is -2.92. The van der Waals surface area contributed by atoms with Crippen LogP contribution in [0.15, 0.2) is 48.7 Å². The van der Waals surface area contributed by atoms with Gasteiger partial charge in [-0.25, -0.2) is 0 Å². The van der Waals surface area contributed by atoms with Crippen molar-refractivity contribution in [3.8, 4) is 11.8 Å². The Labute approximate surface area is 141 Å². The van der Waals surface area contributed by atoms with Crippen LogP contribution in [0.25, 0.3) is 0 Å². The van der Waals surface area contributed by atoms with Gasteiger partial charge in [-0.2, -0.15) is 5.26 Å². The van der Waals surface area contributed by atoms with Crippen LogP contribution >= 0.6 is 0 Å². The Hall–Kier alpha value is -2.88. The molecule has 1 fully saturated rings. The molecule has 128 valence electrons. The van der Waals surface area contributed by atoms with Crippen LogP contribution in [0.4, 0.5) is 13.2 Å². The number of Topliss-reactive ketones (excluding diaryl/α,β-unsaturated/α-hetero) is 1. The van der Waals surface area contributed by atoms with E-state index in [1.165, 1.54) is 24.4 Å². The molecule has 1 heterocycles. The SMILES string of the molecule is N#C[C@H](C(=O)[C@@H]1C[C@H]1c1ccccc1OC(F)(F)F)c1ccccn1. The Morgan fingerprint density at radius 2 is 1.96 bits per heavy atom. The molecule has 1 aromatic carbocycles. The summed E-state index contributed by atoms with van der Waals surface area (Å²) in [5, 5.41) is 9.31. The van der Waals surface area contributed by atoms with Crippen LogP contribution in [0.2, 0.25) is 0 Å². The standard InChI is InChI=1S/C18H13F3N2O2/c19-18(20,21)25-16-7-2-1-5-11(16)12-9-13(12)17(24)14(10-22)15-6-3-4-8-23-15/h1-8,12-14H,9H2/t12-,13+,14-/m0/s1. The molecule has 3 atom stereocenters. The minimum atomic E-state index is -4.80. The second-order valence-corrected chi connectivity index (χ2v) is 5.75. The molecular weight excluding hydrogens is 333 g/mol. The van der Waals surface area contributed by atoms with E-state index in [1.54, 1.807) is 24.3 Å². The Balaban J connectivity index is 1.79. The summed E-state index contributed by atoms with van der Waals surface area (Å²) in [5.41, 5.74) is 0.677. The Morgan fingerprint density at radius 3 is 2.60 bits per heavy atom. The zero-order valence-electron chi connectivity index (χ0n) is 12.9. The van der Waals surface area contributed by atoms with Crippen molar-refractivity contribution in [2.24, 2.45) is 5.92 Å². The van der Waals surface area contributed by atoms with E-state index in [-0.39, 0.29) is 17.5 Å². The molecule has 0 saturated heterocycles. The molecule has 0 amide bonds. The number of benzene rings is 1. The first kappa shape index (κ1) is 17.0. The predicted molar refractivity (Wildman–Crippen MR) is 81.6 cm³/mol. The summed E-state index contributed by atoms with van der Waals surface area (Å²) in [6.45, 7) is 0. The van der Waals surface area contributed by atoms with Gasteiger partial charge in [-0.3, -0.25) is 9.78 Å². The first-order valence-electron chi connectivity index (χ1n) is 7.59. The van der Waals surface area contributed by atoms with E-state index < -0.39 is 18.2 Å². The largest absolute Gasteiger partial charge is 0.573 e. The zero-order chi connectivity index (χ0) is 18.0. The average molecular weight is 346 g/mol. The molecule has 0 unspecified atom stereocenters. The average Bonchev–Trinajstić information content (AvgIpc) is 3.36. The number of para-hydroxylation sites is 1. The minimum Gasteiger partial charge on any atom is -0.405 e. The minimum absolute atomic E-state index is 0.304. The van der Waals surface area contributed by atoms with Crippen molar-refractivity contribution in [3.05, 3.63) is 59.9 Å². The summed E-state index contributed by atoms with van der Waals surface area (Å²) >= 11 is 0. The molecule has 0 N–H and O–H groups in total. The highest BCUT2D eigenvalue weighted by atomic mass is 19.4. The number of ether oxygens (including phenoxy) is 1. The molecule has 7 heteroatoms. The van der Waals surface area contributed by atoms with E-state index in [4.69, 9.17) is 0 Å². The molecule has 0 radical (unpaired) electrons. The molecule has 0 bridgehead atoms. The molecule has 1 aromatic heterocycles. The van der Waals surface area contributed by atoms with Gasteiger partial charge in [-0.15, -0.1) is 13.2 Å². The summed E-state index contributed by atoms with van der Waals surface area (Å²) in [5.74, 6) is -2.54. The first-order valence-corrected chi connectivity index (χ1v) is 7.59. The smallest absolute Gasteiger partial charge is 0.405 e. The number of rotatable bonds is 5. The molecule has 1 aliphatic rings. The third-order valence-electron chi connectivity index (χ3n) is 4.10. The number of halogens is 3. The van der Waals surface area contributed by atoms with Crippen molar-refractivity contribution in [1.82, 2.24) is 4.98 Å². The third-order valence-corrected chi connectivity index (χ3v) is 4.10. The third kappa shape index (κ3) is 3.79. The highest BCUT2D eigenvalue weighted by Gasteiger charge is 2.48. The molecule has 0 spiro atoms. The van der Waals surface area contributed by atoms with Crippen LogP contribution in [0, 0.1) is 17.2 Å². The van der Waals surface area contributed by atoms with Gasteiger partial charge in [-0.05, 0) is 36.1 Å². The van der Waals surface area contributed by atoms with Crippen molar-refractivity contribution in [2.75, 3.05) is 0 Å². The number of nitriles is 1. The van der Waals surface area contributed by atoms with Crippen LogP contribution in [0.5, 0.6) is 5.75 Å². The van der Waals surface area contributed by atoms with Gasteiger partial charge in [-0.1, -0.05) is 24.3 Å². The molecular formula is C18H13F3N2O2. The lowest BCUT2D eigenvalue weighted by atomic mass is 9.95. The maximum Gasteiger partial charge on any atom is 0.573 e. The second-order valence-electron chi connectivity index (χ2n) is 5.75. The van der Waals surface area contributed by atoms with Crippen molar-refractivity contribution >= 4 is 5.78 Å². The van der Waals surface area contributed by atoms with E-state index in [2.05, 4.69) is 9.72 Å². The lowest BCUT2D eigenvalue weighted by molar-refractivity contribution is -0.274. The fourth-order valence-electron chi connectivity index (χ4n) is 2.89. The number of hydrogen-bond donors (Lipinski definition) is 0. The van der Waals surface area contributed by atoms with Gasteiger partial charge >= 0.3 is 6.36 Å². The fourth-order valence-corrected chi connectivity index (χ4v) is 2.89. The van der Waals surface area contributed by atoms with Crippen LogP contribution in [-0.4, -0.2) is 17.1 Å². The Bertz CT molecular complexity index is 815. The van der Waals surface area contributed by atoms with Crippen molar-refractivity contribution in [3.63, 3.8) is 0 Å². The van der Waals surface area contributed by atoms with Gasteiger partial charge in [0, 0.05) is 12.1 Å². The van der Waals surface area contributed by atoms with Gasteiger partial charge in [0.2, 0.25) is 0 Å². The van der Waals surface area contributed by atoms with E-state index in [9.17, 15) is 23.2 Å². The van der Waals surface area contributed by atoms with Crippen LogP contribution in [0.1, 0.15) is 29.5 Å². The monoisotopic (exact) mass is 346 g/mol. The van der Waals surface area contributed by atoms with E-state index in [0.717, 1.165) is 0 Å². The molecule has 2 aromatic rings. The van der Waals surface area contributed by atoms with Gasteiger partial charge in [0.15, 0.2) is 5.78 Å². The van der Waals surface area contributed by atoms with E-state index in [0.29, 0.717) is 17.7 Å². The van der Waals surface area contributed by atoms with Crippen molar-refractivity contribution in [2.45, 2.75) is 24.6 Å². The lowest BCUT2D eigenvalue weighted by Gasteiger charge is -2.13. The summed E-state index contributed by atoms with van der Waals surface area (Å²) in [4.78, 5) is 16.6. The van der Waals surface area contributed by atoms with Crippen LogP contribution in [-0.2, 0) is 4.79 Å². The van der Waals surface area contributed by atoms with Gasteiger partial charge in [0.05, 0.1) is 11.8 Å². The molecule has 3 rings (SSSR count). The highest BCUT2D eigenvalue weighted by Crippen LogP contribution is 2.52. The fraction of sp³-hybridized carbons (Fsp3) is 0.278. The van der Waals surface area contributed by atoms with E-state index >= 15 is 0 Å². The number of pyridine rings is 1. The number of ketones is 1. The van der Waals surface area contributed by atoms with Crippen molar-refractivity contribution < 1.29 is 22.7 Å². The topological polar surface area (TPSA) is 63.0 Å². The van der Waals surface area contributed by atoms with Crippen LogP contribution < -0.4 is 4.74 Å². The number of carbonyl (C=O) groups excluding carboxylic acids is 1. The molecule has 1 saturated carbocycles. The number of hydrogen-bond acceptors (Lipinski definition) is 4. The highest BCUT2D eigenvalue weighted by molar-refractivity contribution is 5.93. The summed E-state index contributed by atoms with van der Waals surface area (Å²) < 4.78 is 41.6. The number of carbonyl (C=O) groups is 1. The molecule has 1 aliphatic carbocycles. The number of alkyl halides is 3. The second kappa shape index (κ2) is 6.55. The van der Waals surface area contributed by atoms with Gasteiger partial charge < -0.3 is 4.74 Å². The normalized spacial score (nSPS) is 20.4. The lowest BCUT2D eigenvalue weighted by Crippen LogP contribution is -2.18. The maximum atomic E-state index is 12.6. The first-order chi connectivity index (χ1) is 11.9. The predicted octanol–water partition coefficient (Wildman–Crippen LogP) is 3.96. The van der Waals surface area contributed by atoms with Crippen LogP contribution in [0.3, 0.4) is 0 Å². The number of nitrogens with zero attached hydrogens (tertiary/aromatic N) is 2. The van der Waals surface area contributed by atoms with E-state index in [1.807, 2.05) is 6.07 Å². The quantitative estimate of drug-likeness (QED) is 0.822.